The molecule has 0 aliphatic rings. The summed E-state index contributed by atoms with van der Waals surface area (Å²) in [6.45, 7) is 7.66. The van der Waals surface area contributed by atoms with Gasteiger partial charge >= 0.3 is 0 Å². The molecule has 1 amide bonds. The Morgan fingerprint density at radius 2 is 1.81 bits per heavy atom. The Balaban J connectivity index is 2.16. The van der Waals surface area contributed by atoms with Gasteiger partial charge in [-0.2, -0.15) is 0 Å². The number of carbonyl (C=O) groups is 1. The van der Waals surface area contributed by atoms with E-state index in [9.17, 15) is 14.3 Å². The van der Waals surface area contributed by atoms with Gasteiger partial charge in [0, 0.05) is 23.6 Å². The molecule has 0 saturated carbocycles. The van der Waals surface area contributed by atoms with Gasteiger partial charge in [0.2, 0.25) is 0 Å². The van der Waals surface area contributed by atoms with Crippen LogP contribution in [0.25, 0.3) is 0 Å². The highest BCUT2D eigenvalue weighted by atomic mass is 19.1. The number of nitrogens with one attached hydrogen (secondary N) is 1. The van der Waals surface area contributed by atoms with E-state index >= 15 is 0 Å². The van der Waals surface area contributed by atoms with Crippen molar-refractivity contribution in [2.45, 2.75) is 58.2 Å². The van der Waals surface area contributed by atoms with E-state index in [2.05, 4.69) is 5.32 Å². The number of carbonyl (C=O) groups excluding carboxylic acids is 1. The molecule has 0 heterocycles. The fourth-order valence-electron chi connectivity index (χ4n) is 2.92. The van der Waals surface area contributed by atoms with Crippen molar-refractivity contribution >= 4 is 5.91 Å². The van der Waals surface area contributed by atoms with Crippen LogP contribution >= 0.6 is 0 Å². The fourth-order valence-corrected chi connectivity index (χ4v) is 2.92. The number of aliphatic hydroxyl groups is 1. The molecule has 4 nitrogen and oxygen atoms in total. The first-order valence-electron chi connectivity index (χ1n) is 9.16. The molecule has 0 aromatic heterocycles. The molecule has 4 N–H and O–H groups in total. The van der Waals surface area contributed by atoms with Crippen molar-refractivity contribution in [3.05, 3.63) is 70.5 Å². The van der Waals surface area contributed by atoms with E-state index in [4.69, 9.17) is 5.73 Å². The summed E-state index contributed by atoms with van der Waals surface area (Å²) in [4.78, 5) is 12.6. The molecule has 2 atom stereocenters. The summed E-state index contributed by atoms with van der Waals surface area (Å²) in [6.07, 6.45) is -0.444. The van der Waals surface area contributed by atoms with Gasteiger partial charge in [-0.05, 0) is 57.4 Å². The van der Waals surface area contributed by atoms with Gasteiger partial charge in [0.15, 0.2) is 0 Å². The van der Waals surface area contributed by atoms with E-state index < -0.39 is 12.1 Å². The Kier molecular flexibility index (Phi) is 6.73. The van der Waals surface area contributed by atoms with Crippen LogP contribution in [-0.4, -0.2) is 28.7 Å². The quantitative estimate of drug-likeness (QED) is 0.729. The first-order chi connectivity index (χ1) is 12.6. The molecular formula is C22H29FN2O2. The number of aliphatic hydroxyl groups excluding tert-OH is 1. The summed E-state index contributed by atoms with van der Waals surface area (Å²) in [6, 6.07) is 11.3. The van der Waals surface area contributed by atoms with Crippen LogP contribution in [0.3, 0.4) is 0 Å². The number of halogens is 1. The van der Waals surface area contributed by atoms with Crippen LogP contribution in [0.2, 0.25) is 0 Å². The molecule has 0 unspecified atom stereocenters. The maximum absolute atomic E-state index is 13.8. The van der Waals surface area contributed by atoms with E-state index in [-0.39, 0.29) is 30.1 Å². The zero-order valence-corrected chi connectivity index (χ0v) is 16.4. The molecule has 0 aliphatic carbocycles. The zero-order valence-electron chi connectivity index (χ0n) is 16.4. The Morgan fingerprint density at radius 3 is 2.44 bits per heavy atom. The molecule has 0 radical (unpaired) electrons. The number of nitrogens with two attached hydrogens (primary N) is 1. The average Bonchev–Trinajstić information content (AvgIpc) is 2.56. The first kappa shape index (κ1) is 21.1. The summed E-state index contributed by atoms with van der Waals surface area (Å²) < 4.78 is 13.8. The zero-order chi connectivity index (χ0) is 20.2. The van der Waals surface area contributed by atoms with Crippen molar-refractivity contribution in [3.8, 4) is 0 Å². The lowest BCUT2D eigenvalue weighted by atomic mass is 9.93. The summed E-state index contributed by atoms with van der Waals surface area (Å²) in [5.41, 5.74) is 8.43. The highest BCUT2D eigenvalue weighted by Gasteiger charge is 2.22. The van der Waals surface area contributed by atoms with Crippen LogP contribution in [0.5, 0.6) is 0 Å². The Bertz CT molecular complexity index is 799. The van der Waals surface area contributed by atoms with E-state index in [1.165, 1.54) is 6.07 Å². The van der Waals surface area contributed by atoms with Gasteiger partial charge in [-0.1, -0.05) is 35.9 Å². The largest absolute Gasteiger partial charge is 0.391 e. The standard InChI is InChI=1S/C22H29FN2O2/c1-14-9-10-15(17(11-14)21(27)25-22(2,3)4)13-20(26)19(24)12-16-7-5-6-8-18(16)23/h5-11,19-20,26H,12-13,24H2,1-4H3,(H,25,27)/t19-,20+/m1/s1. The molecule has 0 fully saturated rings. The molecular weight excluding hydrogens is 343 g/mol. The van der Waals surface area contributed by atoms with Crippen LogP contribution in [0.15, 0.2) is 42.5 Å². The van der Waals surface area contributed by atoms with Crippen molar-refractivity contribution in [3.63, 3.8) is 0 Å². The molecule has 0 spiro atoms. The minimum Gasteiger partial charge on any atom is -0.391 e. The number of hydrogen-bond acceptors (Lipinski definition) is 3. The van der Waals surface area contributed by atoms with Crippen LogP contribution in [0.4, 0.5) is 4.39 Å². The first-order valence-corrected chi connectivity index (χ1v) is 9.16. The van der Waals surface area contributed by atoms with Crippen molar-refractivity contribution in [1.29, 1.82) is 0 Å². The number of aryl methyl sites for hydroxylation is 1. The molecule has 146 valence electrons. The highest BCUT2D eigenvalue weighted by molar-refractivity contribution is 5.96. The lowest BCUT2D eigenvalue weighted by molar-refractivity contribution is 0.0916. The summed E-state index contributed by atoms with van der Waals surface area (Å²) >= 11 is 0. The second kappa shape index (κ2) is 8.63. The van der Waals surface area contributed by atoms with Gasteiger partial charge in [-0.3, -0.25) is 4.79 Å². The van der Waals surface area contributed by atoms with E-state index in [0.717, 1.165) is 11.1 Å². The van der Waals surface area contributed by atoms with Gasteiger partial charge in [-0.25, -0.2) is 4.39 Å². The number of hydrogen-bond donors (Lipinski definition) is 3. The highest BCUT2D eigenvalue weighted by Crippen LogP contribution is 2.18. The molecule has 2 aromatic carbocycles. The van der Waals surface area contributed by atoms with Crippen molar-refractivity contribution < 1.29 is 14.3 Å². The normalized spacial score (nSPS) is 13.9. The van der Waals surface area contributed by atoms with Gasteiger partial charge < -0.3 is 16.2 Å². The number of amides is 1. The lowest BCUT2D eigenvalue weighted by Gasteiger charge is -2.23. The monoisotopic (exact) mass is 372 g/mol. The average molecular weight is 372 g/mol. The Labute approximate surface area is 160 Å². The van der Waals surface area contributed by atoms with E-state index in [1.54, 1.807) is 18.2 Å². The SMILES string of the molecule is Cc1ccc(C[C@H](O)[C@H](N)Cc2ccccc2F)c(C(=O)NC(C)(C)C)c1. The lowest BCUT2D eigenvalue weighted by Crippen LogP contribution is -2.42. The molecule has 27 heavy (non-hydrogen) atoms. The molecule has 0 bridgehead atoms. The minimum absolute atomic E-state index is 0.184. The summed E-state index contributed by atoms with van der Waals surface area (Å²) in [7, 11) is 0. The predicted molar refractivity (Wildman–Crippen MR) is 106 cm³/mol. The third-order valence-corrected chi connectivity index (χ3v) is 4.34. The second-order valence-electron chi connectivity index (χ2n) is 8.10. The van der Waals surface area contributed by atoms with Crippen LogP contribution < -0.4 is 11.1 Å². The van der Waals surface area contributed by atoms with E-state index in [0.29, 0.717) is 11.1 Å². The smallest absolute Gasteiger partial charge is 0.251 e. The summed E-state index contributed by atoms with van der Waals surface area (Å²) in [5.74, 6) is -0.517. The van der Waals surface area contributed by atoms with Crippen LogP contribution in [0.1, 0.15) is 47.8 Å². The topological polar surface area (TPSA) is 75.3 Å². The van der Waals surface area contributed by atoms with Gasteiger partial charge in [0.05, 0.1) is 6.10 Å². The van der Waals surface area contributed by atoms with Gasteiger partial charge in [0.25, 0.3) is 5.91 Å². The van der Waals surface area contributed by atoms with Crippen molar-refractivity contribution in [1.82, 2.24) is 5.32 Å². The fraction of sp³-hybridized carbons (Fsp3) is 0.409. The number of benzene rings is 2. The summed E-state index contributed by atoms with van der Waals surface area (Å²) in [5, 5.41) is 13.5. The molecule has 5 heteroatoms. The number of rotatable bonds is 6. The third kappa shape index (κ3) is 6.15. The third-order valence-electron chi connectivity index (χ3n) is 4.34. The molecule has 2 rings (SSSR count). The molecule has 0 aliphatic heterocycles. The van der Waals surface area contributed by atoms with Crippen molar-refractivity contribution in [2.75, 3.05) is 0 Å². The van der Waals surface area contributed by atoms with E-state index in [1.807, 2.05) is 45.9 Å². The minimum atomic E-state index is -0.895. The van der Waals surface area contributed by atoms with Crippen LogP contribution in [-0.2, 0) is 12.8 Å². The maximum Gasteiger partial charge on any atom is 0.251 e. The van der Waals surface area contributed by atoms with Crippen LogP contribution in [0, 0.1) is 12.7 Å². The van der Waals surface area contributed by atoms with Gasteiger partial charge in [0.1, 0.15) is 5.82 Å². The second-order valence-corrected chi connectivity index (χ2v) is 8.10. The Hall–Kier alpha value is -2.24. The maximum atomic E-state index is 13.8. The van der Waals surface area contributed by atoms with Crippen molar-refractivity contribution in [2.24, 2.45) is 5.73 Å². The predicted octanol–water partition coefficient (Wildman–Crippen LogP) is 3.14. The molecule has 0 saturated heterocycles. The molecule has 2 aromatic rings. The Morgan fingerprint density at radius 1 is 1.15 bits per heavy atom. The van der Waals surface area contributed by atoms with Gasteiger partial charge in [-0.15, -0.1) is 0 Å².